The molecule has 0 rings (SSSR count). The summed E-state index contributed by atoms with van der Waals surface area (Å²) in [5.41, 5.74) is 0. The second kappa shape index (κ2) is 9.03. The van der Waals surface area contributed by atoms with E-state index in [4.69, 9.17) is 10.2 Å². The zero-order valence-corrected chi connectivity index (χ0v) is 11.5. The SMILES string of the molecule is CNC(CCC(=O)O)C(=O)N[C@H](CCC(=O)O)C(C)=O. The van der Waals surface area contributed by atoms with Gasteiger partial charge in [-0.3, -0.25) is 19.2 Å². The third-order valence-electron chi connectivity index (χ3n) is 2.77. The van der Waals surface area contributed by atoms with Crippen molar-refractivity contribution in [1.82, 2.24) is 10.6 Å². The van der Waals surface area contributed by atoms with E-state index >= 15 is 0 Å². The van der Waals surface area contributed by atoms with Crippen LogP contribution in [0.4, 0.5) is 0 Å². The maximum Gasteiger partial charge on any atom is 0.303 e. The van der Waals surface area contributed by atoms with Crippen LogP contribution in [0.15, 0.2) is 0 Å². The van der Waals surface area contributed by atoms with Gasteiger partial charge in [0.05, 0.1) is 12.1 Å². The zero-order valence-electron chi connectivity index (χ0n) is 11.5. The van der Waals surface area contributed by atoms with Crippen LogP contribution in [-0.4, -0.2) is 53.0 Å². The molecule has 0 saturated carbocycles. The molecular weight excluding hydrogens is 268 g/mol. The lowest BCUT2D eigenvalue weighted by atomic mass is 10.1. The second-order valence-corrected chi connectivity index (χ2v) is 4.38. The van der Waals surface area contributed by atoms with Gasteiger partial charge in [0.25, 0.3) is 0 Å². The molecule has 0 radical (unpaired) electrons. The lowest BCUT2D eigenvalue weighted by Crippen LogP contribution is -2.49. The van der Waals surface area contributed by atoms with Gasteiger partial charge >= 0.3 is 11.9 Å². The van der Waals surface area contributed by atoms with Gasteiger partial charge in [0.2, 0.25) is 5.91 Å². The quantitative estimate of drug-likeness (QED) is 0.421. The molecule has 8 nitrogen and oxygen atoms in total. The third kappa shape index (κ3) is 7.47. The van der Waals surface area contributed by atoms with Crippen LogP contribution in [0.3, 0.4) is 0 Å². The minimum absolute atomic E-state index is 0.00573. The molecule has 0 heterocycles. The van der Waals surface area contributed by atoms with E-state index in [-0.39, 0.29) is 31.5 Å². The highest BCUT2D eigenvalue weighted by Gasteiger charge is 2.23. The number of hydrogen-bond acceptors (Lipinski definition) is 5. The van der Waals surface area contributed by atoms with E-state index in [1.54, 1.807) is 0 Å². The van der Waals surface area contributed by atoms with E-state index in [1.807, 2.05) is 0 Å². The maximum atomic E-state index is 11.9. The van der Waals surface area contributed by atoms with Crippen molar-refractivity contribution in [2.45, 2.75) is 44.7 Å². The zero-order chi connectivity index (χ0) is 15.7. The molecule has 2 atom stereocenters. The number of hydrogen-bond donors (Lipinski definition) is 4. The summed E-state index contributed by atoms with van der Waals surface area (Å²) in [5, 5.41) is 22.3. The van der Waals surface area contributed by atoms with Gasteiger partial charge in [-0.25, -0.2) is 0 Å². The standard InChI is InChI=1S/C12H20N2O6/c1-7(15)8(3-5-10(16)17)14-12(20)9(13-2)4-6-11(18)19/h8-9,13H,3-6H2,1-2H3,(H,14,20)(H,16,17)(H,18,19)/t8-,9?/m1/s1. The second-order valence-electron chi connectivity index (χ2n) is 4.38. The van der Waals surface area contributed by atoms with E-state index in [9.17, 15) is 19.2 Å². The molecule has 0 aromatic rings. The number of carbonyl (C=O) groups excluding carboxylic acids is 2. The first-order chi connectivity index (χ1) is 9.27. The predicted octanol–water partition coefficient (Wildman–Crippen LogP) is -0.622. The van der Waals surface area contributed by atoms with Crippen LogP contribution in [0.1, 0.15) is 32.6 Å². The van der Waals surface area contributed by atoms with Crippen molar-refractivity contribution < 1.29 is 29.4 Å². The average Bonchev–Trinajstić information content (AvgIpc) is 2.34. The van der Waals surface area contributed by atoms with Gasteiger partial charge in [-0.1, -0.05) is 0 Å². The Bertz CT molecular complexity index is 382. The minimum Gasteiger partial charge on any atom is -0.481 e. The van der Waals surface area contributed by atoms with E-state index in [0.717, 1.165) is 0 Å². The lowest BCUT2D eigenvalue weighted by molar-refractivity contribution is -0.139. The number of nitrogens with one attached hydrogen (secondary N) is 2. The molecule has 1 amide bonds. The Balaban J connectivity index is 4.51. The Morgan fingerprint density at radius 3 is 1.75 bits per heavy atom. The predicted molar refractivity (Wildman–Crippen MR) is 69.2 cm³/mol. The molecule has 20 heavy (non-hydrogen) atoms. The highest BCUT2D eigenvalue weighted by molar-refractivity contribution is 5.90. The van der Waals surface area contributed by atoms with Gasteiger partial charge < -0.3 is 20.8 Å². The van der Waals surface area contributed by atoms with Crippen LogP contribution in [-0.2, 0) is 19.2 Å². The van der Waals surface area contributed by atoms with Gasteiger partial charge in [0.15, 0.2) is 5.78 Å². The smallest absolute Gasteiger partial charge is 0.303 e. The fraction of sp³-hybridized carbons (Fsp3) is 0.667. The molecule has 0 saturated heterocycles. The third-order valence-corrected chi connectivity index (χ3v) is 2.77. The number of Topliss-reactive ketones (excluding diaryl/α,β-unsaturated/α-hetero) is 1. The summed E-state index contributed by atoms with van der Waals surface area (Å²) >= 11 is 0. The first-order valence-corrected chi connectivity index (χ1v) is 6.19. The fourth-order valence-corrected chi connectivity index (χ4v) is 1.59. The summed E-state index contributed by atoms with van der Waals surface area (Å²) in [4.78, 5) is 44.2. The van der Waals surface area contributed by atoms with E-state index in [1.165, 1.54) is 14.0 Å². The van der Waals surface area contributed by atoms with Crippen molar-refractivity contribution in [2.75, 3.05) is 7.05 Å². The number of likely N-dealkylation sites (N-methyl/N-ethyl adjacent to an activating group) is 1. The van der Waals surface area contributed by atoms with E-state index in [2.05, 4.69) is 10.6 Å². The molecule has 4 N–H and O–H groups in total. The summed E-state index contributed by atoms with van der Waals surface area (Å²) in [5.74, 6) is -2.93. The summed E-state index contributed by atoms with van der Waals surface area (Å²) in [7, 11) is 1.51. The molecule has 0 aliphatic carbocycles. The van der Waals surface area contributed by atoms with E-state index in [0.29, 0.717) is 0 Å². The Kier molecular flexibility index (Phi) is 8.14. The van der Waals surface area contributed by atoms with E-state index < -0.39 is 29.9 Å². The normalized spacial score (nSPS) is 13.3. The maximum absolute atomic E-state index is 11.9. The molecule has 114 valence electrons. The lowest BCUT2D eigenvalue weighted by Gasteiger charge is -2.20. The Labute approximate surface area is 116 Å². The van der Waals surface area contributed by atoms with Crippen LogP contribution in [0.2, 0.25) is 0 Å². The highest BCUT2D eigenvalue weighted by atomic mass is 16.4. The van der Waals surface area contributed by atoms with Crippen molar-refractivity contribution in [3.05, 3.63) is 0 Å². The van der Waals surface area contributed by atoms with Gasteiger partial charge in [-0.05, 0) is 26.8 Å². The molecule has 1 unspecified atom stereocenters. The Morgan fingerprint density at radius 1 is 0.950 bits per heavy atom. The summed E-state index contributed by atoms with van der Waals surface area (Å²) in [6.07, 6.45) is -0.324. The van der Waals surface area contributed by atoms with Crippen molar-refractivity contribution in [3.8, 4) is 0 Å². The first kappa shape index (κ1) is 18.0. The largest absolute Gasteiger partial charge is 0.481 e. The first-order valence-electron chi connectivity index (χ1n) is 6.19. The topological polar surface area (TPSA) is 133 Å². The van der Waals surface area contributed by atoms with Gasteiger partial charge in [-0.15, -0.1) is 0 Å². The van der Waals surface area contributed by atoms with Crippen LogP contribution < -0.4 is 10.6 Å². The number of aliphatic carboxylic acids is 2. The van der Waals surface area contributed by atoms with Gasteiger partial charge in [0.1, 0.15) is 0 Å². The van der Waals surface area contributed by atoms with Crippen molar-refractivity contribution in [2.24, 2.45) is 0 Å². The fourth-order valence-electron chi connectivity index (χ4n) is 1.59. The molecule has 0 aliphatic rings. The molecule has 0 aliphatic heterocycles. The summed E-state index contributed by atoms with van der Waals surface area (Å²) in [6.45, 7) is 1.26. The average molecular weight is 288 g/mol. The number of carboxylic acids is 2. The number of carbonyl (C=O) groups is 4. The van der Waals surface area contributed by atoms with Gasteiger partial charge in [0, 0.05) is 12.8 Å². The molecular formula is C12H20N2O6. The van der Waals surface area contributed by atoms with Crippen molar-refractivity contribution in [1.29, 1.82) is 0 Å². The monoisotopic (exact) mass is 288 g/mol. The number of carboxylic acid groups (broad SMARTS) is 2. The molecule has 0 bridgehead atoms. The van der Waals surface area contributed by atoms with Crippen LogP contribution in [0.25, 0.3) is 0 Å². The molecule has 0 spiro atoms. The Morgan fingerprint density at radius 2 is 1.40 bits per heavy atom. The van der Waals surface area contributed by atoms with Crippen molar-refractivity contribution >= 4 is 23.6 Å². The van der Waals surface area contributed by atoms with Crippen LogP contribution >= 0.6 is 0 Å². The molecule has 0 aromatic carbocycles. The highest BCUT2D eigenvalue weighted by Crippen LogP contribution is 2.03. The number of amides is 1. The molecule has 0 fully saturated rings. The molecule has 0 aromatic heterocycles. The Hall–Kier alpha value is -1.96. The minimum atomic E-state index is -1.05. The van der Waals surface area contributed by atoms with Crippen LogP contribution in [0.5, 0.6) is 0 Å². The van der Waals surface area contributed by atoms with Crippen molar-refractivity contribution in [3.63, 3.8) is 0 Å². The van der Waals surface area contributed by atoms with Gasteiger partial charge in [-0.2, -0.15) is 0 Å². The number of rotatable bonds is 10. The summed E-state index contributed by atoms with van der Waals surface area (Å²) in [6, 6.07) is -1.61. The number of ketones is 1. The summed E-state index contributed by atoms with van der Waals surface area (Å²) < 4.78 is 0. The van der Waals surface area contributed by atoms with Crippen LogP contribution in [0, 0.1) is 0 Å². The molecule has 8 heteroatoms.